The third-order valence-electron chi connectivity index (χ3n) is 5.22. The van der Waals surface area contributed by atoms with Crippen molar-refractivity contribution >= 4 is 35.2 Å². The fourth-order valence-corrected chi connectivity index (χ4v) is 3.55. The molecule has 0 aromatic heterocycles. The Balaban J connectivity index is 1.39. The molecule has 2 heterocycles. The fraction of sp³-hybridized carbons (Fsp3) is 0.524. The summed E-state index contributed by atoms with van der Waals surface area (Å²) in [6.45, 7) is 4.75. The van der Waals surface area contributed by atoms with E-state index in [1.165, 1.54) is 19.3 Å². The quantitative estimate of drug-likeness (QED) is 0.519. The van der Waals surface area contributed by atoms with Crippen LogP contribution in [0.3, 0.4) is 0 Å². The molecule has 0 saturated carbocycles. The molecule has 2 saturated heterocycles. The number of benzene rings is 1. The van der Waals surface area contributed by atoms with E-state index < -0.39 is 36.0 Å². The third kappa shape index (κ3) is 5.28. The van der Waals surface area contributed by atoms with Gasteiger partial charge in [0, 0.05) is 31.0 Å². The van der Waals surface area contributed by atoms with E-state index >= 15 is 0 Å². The lowest BCUT2D eigenvalue weighted by molar-refractivity contribution is -0.147. The van der Waals surface area contributed by atoms with Crippen LogP contribution in [-0.2, 0) is 19.1 Å². The summed E-state index contributed by atoms with van der Waals surface area (Å²) < 4.78 is 4.95. The van der Waals surface area contributed by atoms with Crippen molar-refractivity contribution in [3.05, 3.63) is 24.3 Å². The molecule has 1 aromatic carbocycles. The van der Waals surface area contributed by atoms with Gasteiger partial charge in [0.1, 0.15) is 5.54 Å². The molecule has 0 aliphatic carbocycles. The number of rotatable bonds is 7. The van der Waals surface area contributed by atoms with E-state index in [1.807, 2.05) is 24.3 Å². The molecule has 9 heteroatoms. The Morgan fingerprint density at radius 3 is 2.37 bits per heavy atom. The van der Waals surface area contributed by atoms with Gasteiger partial charge >= 0.3 is 12.0 Å². The topological polar surface area (TPSA) is 108 Å². The van der Waals surface area contributed by atoms with Crippen molar-refractivity contribution in [3.8, 4) is 0 Å². The van der Waals surface area contributed by atoms with Crippen LogP contribution in [0.15, 0.2) is 24.3 Å². The van der Waals surface area contributed by atoms with Crippen molar-refractivity contribution in [2.75, 3.05) is 36.5 Å². The van der Waals surface area contributed by atoms with Crippen LogP contribution >= 0.6 is 0 Å². The average Bonchev–Trinajstić information content (AvgIpc) is 2.92. The van der Waals surface area contributed by atoms with Gasteiger partial charge in [-0.15, -0.1) is 0 Å². The van der Waals surface area contributed by atoms with E-state index in [9.17, 15) is 19.2 Å². The van der Waals surface area contributed by atoms with Crippen molar-refractivity contribution < 1.29 is 23.9 Å². The van der Waals surface area contributed by atoms with Gasteiger partial charge in [0.15, 0.2) is 6.61 Å². The number of amides is 4. The minimum atomic E-state index is -0.982. The SMILES string of the molecule is CC1(C)NC(=O)N(CCC(=O)OCC(=O)Nc2ccc(N3CCCCC3)cc2)C1=O. The first kappa shape index (κ1) is 21.6. The zero-order chi connectivity index (χ0) is 21.7. The molecule has 2 aliphatic rings. The maximum absolute atomic E-state index is 12.1. The van der Waals surface area contributed by atoms with E-state index in [2.05, 4.69) is 15.5 Å². The number of ether oxygens (including phenoxy) is 1. The Bertz CT molecular complexity index is 815. The molecule has 30 heavy (non-hydrogen) atoms. The molecule has 0 radical (unpaired) electrons. The second-order valence-corrected chi connectivity index (χ2v) is 8.07. The van der Waals surface area contributed by atoms with Gasteiger partial charge in [0.25, 0.3) is 11.8 Å². The van der Waals surface area contributed by atoms with Gasteiger partial charge in [0.05, 0.1) is 6.42 Å². The molecule has 4 amide bonds. The molecule has 9 nitrogen and oxygen atoms in total. The number of nitrogens with zero attached hydrogens (tertiary/aromatic N) is 2. The standard InChI is InChI=1S/C21H28N4O5/c1-21(2)19(28)25(20(29)23-21)13-10-18(27)30-14-17(26)22-15-6-8-16(9-7-15)24-11-4-3-5-12-24/h6-9H,3-5,10-14H2,1-2H3,(H,22,26)(H,23,29). The van der Waals surface area contributed by atoms with Gasteiger partial charge < -0.3 is 20.3 Å². The first-order chi connectivity index (χ1) is 14.3. The number of esters is 1. The van der Waals surface area contributed by atoms with Gasteiger partial charge in [-0.25, -0.2) is 4.79 Å². The van der Waals surface area contributed by atoms with Crippen molar-refractivity contribution in [2.24, 2.45) is 0 Å². The van der Waals surface area contributed by atoms with Crippen molar-refractivity contribution in [1.82, 2.24) is 10.2 Å². The molecule has 0 unspecified atom stereocenters. The van der Waals surface area contributed by atoms with Crippen LogP contribution < -0.4 is 15.5 Å². The summed E-state index contributed by atoms with van der Waals surface area (Å²) in [5.74, 6) is -1.51. The van der Waals surface area contributed by atoms with Crippen LogP contribution in [0.5, 0.6) is 0 Å². The van der Waals surface area contributed by atoms with Crippen LogP contribution in [0.1, 0.15) is 39.5 Å². The fourth-order valence-electron chi connectivity index (χ4n) is 3.55. The van der Waals surface area contributed by atoms with Crippen LogP contribution in [0.2, 0.25) is 0 Å². The number of urea groups is 1. The molecule has 3 rings (SSSR count). The number of hydrogen-bond acceptors (Lipinski definition) is 6. The first-order valence-electron chi connectivity index (χ1n) is 10.2. The molecule has 2 aliphatic heterocycles. The summed E-state index contributed by atoms with van der Waals surface area (Å²) in [4.78, 5) is 51.0. The highest BCUT2D eigenvalue weighted by Crippen LogP contribution is 2.22. The summed E-state index contributed by atoms with van der Waals surface area (Å²) in [6.07, 6.45) is 3.48. The van der Waals surface area contributed by atoms with E-state index in [0.717, 1.165) is 23.7 Å². The Kier molecular flexibility index (Phi) is 6.59. The Hall–Kier alpha value is -3.10. The average molecular weight is 416 g/mol. The zero-order valence-electron chi connectivity index (χ0n) is 17.4. The molecule has 2 N–H and O–H groups in total. The Morgan fingerprint density at radius 1 is 1.10 bits per heavy atom. The van der Waals surface area contributed by atoms with E-state index in [-0.39, 0.29) is 13.0 Å². The van der Waals surface area contributed by atoms with Gasteiger partial charge in [-0.1, -0.05) is 0 Å². The van der Waals surface area contributed by atoms with Crippen molar-refractivity contribution in [2.45, 2.75) is 45.1 Å². The molecular formula is C21H28N4O5. The highest BCUT2D eigenvalue weighted by Gasteiger charge is 2.44. The summed E-state index contributed by atoms with van der Waals surface area (Å²) in [7, 11) is 0. The highest BCUT2D eigenvalue weighted by atomic mass is 16.5. The minimum absolute atomic E-state index is 0.0908. The number of piperidine rings is 1. The molecule has 0 bridgehead atoms. The monoisotopic (exact) mass is 416 g/mol. The first-order valence-corrected chi connectivity index (χ1v) is 10.2. The van der Waals surface area contributed by atoms with Gasteiger partial charge in [0.2, 0.25) is 0 Å². The van der Waals surface area contributed by atoms with Gasteiger partial charge in [-0.3, -0.25) is 19.3 Å². The largest absolute Gasteiger partial charge is 0.456 e. The minimum Gasteiger partial charge on any atom is -0.456 e. The second-order valence-electron chi connectivity index (χ2n) is 8.07. The maximum atomic E-state index is 12.1. The molecule has 0 spiro atoms. The van der Waals surface area contributed by atoms with Crippen molar-refractivity contribution in [3.63, 3.8) is 0 Å². The number of carbonyl (C=O) groups excluding carboxylic acids is 4. The van der Waals surface area contributed by atoms with E-state index in [1.54, 1.807) is 13.8 Å². The second kappa shape index (κ2) is 9.15. The van der Waals surface area contributed by atoms with Crippen LogP contribution in [-0.4, -0.2) is 60.5 Å². The smallest absolute Gasteiger partial charge is 0.325 e. The number of nitrogens with one attached hydrogen (secondary N) is 2. The molecular weight excluding hydrogens is 388 g/mol. The lowest BCUT2D eigenvalue weighted by atomic mass is 10.1. The summed E-state index contributed by atoms with van der Waals surface area (Å²) in [5, 5.41) is 5.22. The molecule has 2 fully saturated rings. The van der Waals surface area contributed by atoms with Crippen LogP contribution in [0, 0.1) is 0 Å². The number of anilines is 2. The predicted molar refractivity (Wildman–Crippen MR) is 111 cm³/mol. The lowest BCUT2D eigenvalue weighted by Crippen LogP contribution is -2.40. The van der Waals surface area contributed by atoms with Crippen LogP contribution in [0.25, 0.3) is 0 Å². The number of hydrogen-bond donors (Lipinski definition) is 2. The Labute approximate surface area is 175 Å². The number of carbonyl (C=O) groups is 4. The van der Waals surface area contributed by atoms with Gasteiger partial charge in [-0.05, 0) is 57.4 Å². The molecule has 0 atom stereocenters. The van der Waals surface area contributed by atoms with Crippen LogP contribution in [0.4, 0.5) is 16.2 Å². The summed E-state index contributed by atoms with van der Waals surface area (Å²) in [5.41, 5.74) is 0.769. The summed E-state index contributed by atoms with van der Waals surface area (Å²) >= 11 is 0. The highest BCUT2D eigenvalue weighted by molar-refractivity contribution is 6.06. The van der Waals surface area contributed by atoms with E-state index in [4.69, 9.17) is 4.74 Å². The van der Waals surface area contributed by atoms with Crippen molar-refractivity contribution in [1.29, 1.82) is 0 Å². The number of imide groups is 1. The lowest BCUT2D eigenvalue weighted by Gasteiger charge is -2.28. The van der Waals surface area contributed by atoms with E-state index in [0.29, 0.717) is 5.69 Å². The molecule has 162 valence electrons. The Morgan fingerprint density at radius 2 is 1.77 bits per heavy atom. The third-order valence-corrected chi connectivity index (χ3v) is 5.22. The molecule has 1 aromatic rings. The zero-order valence-corrected chi connectivity index (χ0v) is 17.4. The maximum Gasteiger partial charge on any atom is 0.325 e. The summed E-state index contributed by atoms with van der Waals surface area (Å²) in [6, 6.07) is 7.04. The van der Waals surface area contributed by atoms with Gasteiger partial charge in [-0.2, -0.15) is 0 Å². The normalized spacial score (nSPS) is 18.2. The predicted octanol–water partition coefficient (Wildman–Crippen LogP) is 1.88.